The molecular formula is C27H31FN4O8S. The highest BCUT2D eigenvalue weighted by Gasteiger charge is 2.46. The molecule has 0 bridgehead atoms. The van der Waals surface area contributed by atoms with Crippen molar-refractivity contribution < 1.29 is 41.5 Å². The highest BCUT2D eigenvalue weighted by molar-refractivity contribution is 7.92. The number of nitrogens with one attached hydrogen (secondary N) is 2. The first-order chi connectivity index (χ1) is 19.5. The molecule has 1 aliphatic carbocycles. The van der Waals surface area contributed by atoms with Crippen molar-refractivity contribution >= 4 is 45.1 Å². The van der Waals surface area contributed by atoms with Crippen molar-refractivity contribution in [1.82, 2.24) is 4.90 Å². The molecule has 2 fully saturated rings. The number of esters is 1. The van der Waals surface area contributed by atoms with E-state index < -0.39 is 63.3 Å². The third-order valence-electron chi connectivity index (χ3n) is 7.02. The van der Waals surface area contributed by atoms with Gasteiger partial charge >= 0.3 is 12.1 Å². The van der Waals surface area contributed by atoms with Crippen LogP contribution in [0, 0.1) is 11.7 Å². The van der Waals surface area contributed by atoms with Crippen LogP contribution in [0.2, 0.25) is 0 Å². The minimum atomic E-state index is -3.81. The molecule has 0 radical (unpaired) electrons. The number of likely N-dealkylation sites (tertiary alicyclic amines) is 1. The van der Waals surface area contributed by atoms with E-state index in [1.165, 1.54) is 42.3 Å². The van der Waals surface area contributed by atoms with Crippen LogP contribution in [-0.2, 0) is 28.9 Å². The zero-order chi connectivity index (χ0) is 29.9. The number of carbonyl (C=O) groups is 4. The molecule has 1 saturated heterocycles. The van der Waals surface area contributed by atoms with Crippen molar-refractivity contribution in [2.45, 2.75) is 42.4 Å². The largest absolute Gasteiger partial charge is 0.466 e. The summed E-state index contributed by atoms with van der Waals surface area (Å²) in [4.78, 5) is 51.3. The molecule has 2 aliphatic rings. The Labute approximate surface area is 236 Å². The van der Waals surface area contributed by atoms with Gasteiger partial charge in [0.2, 0.25) is 11.8 Å². The SMILES string of the molecule is CCOC(=O)[C@H]1CCN(C(=O)CNc2cc(C(N)=O)ccc2F)[C@H]1c1cc(NC(=O)OC)ccc1S(=O)(=O)C1CC1. The molecule has 0 spiro atoms. The second kappa shape index (κ2) is 12.1. The van der Waals surface area contributed by atoms with Gasteiger partial charge in [-0.15, -0.1) is 0 Å². The third kappa shape index (κ3) is 6.42. The number of sulfone groups is 1. The van der Waals surface area contributed by atoms with Gasteiger partial charge in [0.1, 0.15) is 5.82 Å². The molecule has 0 unspecified atom stereocenters. The van der Waals surface area contributed by atoms with Gasteiger partial charge in [-0.25, -0.2) is 17.6 Å². The van der Waals surface area contributed by atoms with Crippen LogP contribution < -0.4 is 16.4 Å². The Balaban J connectivity index is 1.73. The van der Waals surface area contributed by atoms with Crippen molar-refractivity contribution in [3.8, 4) is 0 Å². The monoisotopic (exact) mass is 590 g/mol. The number of benzene rings is 2. The van der Waals surface area contributed by atoms with Gasteiger partial charge in [0.05, 0.1) is 48.1 Å². The number of rotatable bonds is 10. The molecule has 2 atom stereocenters. The van der Waals surface area contributed by atoms with Gasteiger partial charge < -0.3 is 25.4 Å². The van der Waals surface area contributed by atoms with E-state index in [0.29, 0.717) is 12.8 Å². The molecule has 41 heavy (non-hydrogen) atoms. The maximum absolute atomic E-state index is 14.4. The van der Waals surface area contributed by atoms with Crippen molar-refractivity contribution in [3.05, 3.63) is 53.3 Å². The number of methoxy groups -OCH3 is 1. The van der Waals surface area contributed by atoms with E-state index in [1.54, 1.807) is 6.92 Å². The van der Waals surface area contributed by atoms with Crippen molar-refractivity contribution in [2.24, 2.45) is 11.7 Å². The zero-order valence-electron chi connectivity index (χ0n) is 22.5. The number of hydrogen-bond donors (Lipinski definition) is 3. The lowest BCUT2D eigenvalue weighted by atomic mass is 9.93. The van der Waals surface area contributed by atoms with Gasteiger partial charge in [0.15, 0.2) is 9.84 Å². The number of primary amides is 1. The van der Waals surface area contributed by atoms with Gasteiger partial charge in [-0.2, -0.15) is 0 Å². The molecule has 4 N–H and O–H groups in total. The fourth-order valence-corrected chi connectivity index (χ4v) is 6.76. The molecule has 4 rings (SSSR count). The van der Waals surface area contributed by atoms with Gasteiger partial charge in [-0.1, -0.05) is 0 Å². The van der Waals surface area contributed by atoms with Crippen molar-refractivity contribution in [2.75, 3.05) is 37.4 Å². The maximum Gasteiger partial charge on any atom is 0.411 e. The maximum atomic E-state index is 14.4. The molecule has 14 heteroatoms. The van der Waals surface area contributed by atoms with E-state index in [2.05, 4.69) is 15.4 Å². The van der Waals surface area contributed by atoms with Gasteiger partial charge in [-0.05, 0) is 68.1 Å². The summed E-state index contributed by atoms with van der Waals surface area (Å²) in [5, 5.41) is 4.57. The van der Waals surface area contributed by atoms with Crippen LogP contribution in [0.25, 0.3) is 0 Å². The normalized spacial score (nSPS) is 18.5. The number of hydrogen-bond acceptors (Lipinski definition) is 9. The van der Waals surface area contributed by atoms with Crippen LogP contribution in [0.4, 0.5) is 20.6 Å². The molecule has 1 heterocycles. The number of nitrogens with zero attached hydrogens (tertiary/aromatic N) is 1. The lowest BCUT2D eigenvalue weighted by molar-refractivity contribution is -0.149. The van der Waals surface area contributed by atoms with E-state index >= 15 is 0 Å². The Hall–Kier alpha value is -4.20. The number of carbonyl (C=O) groups excluding carboxylic acids is 4. The molecule has 2 aromatic carbocycles. The minimum absolute atomic E-state index is 0.0348. The fourth-order valence-electron chi connectivity index (χ4n) is 4.88. The predicted octanol–water partition coefficient (Wildman–Crippen LogP) is 2.60. The predicted molar refractivity (Wildman–Crippen MR) is 145 cm³/mol. The molecule has 3 amide bonds. The average Bonchev–Trinajstić information content (AvgIpc) is 3.71. The summed E-state index contributed by atoms with van der Waals surface area (Å²) in [7, 11) is -2.64. The first-order valence-electron chi connectivity index (χ1n) is 13.0. The van der Waals surface area contributed by atoms with E-state index in [0.717, 1.165) is 6.07 Å². The summed E-state index contributed by atoms with van der Waals surface area (Å²) < 4.78 is 51.2. The molecule has 220 valence electrons. The summed E-state index contributed by atoms with van der Waals surface area (Å²) in [5.74, 6) is -3.57. The summed E-state index contributed by atoms with van der Waals surface area (Å²) in [6.45, 7) is 1.35. The third-order valence-corrected chi connectivity index (χ3v) is 9.35. The topological polar surface area (TPSA) is 174 Å². The second-order valence-electron chi connectivity index (χ2n) is 9.71. The Morgan fingerprint density at radius 2 is 1.83 bits per heavy atom. The van der Waals surface area contributed by atoms with E-state index in [-0.39, 0.29) is 47.0 Å². The molecule has 0 aromatic heterocycles. The van der Waals surface area contributed by atoms with E-state index in [4.69, 9.17) is 10.5 Å². The lowest BCUT2D eigenvalue weighted by Crippen LogP contribution is -2.38. The Morgan fingerprint density at radius 3 is 2.46 bits per heavy atom. The van der Waals surface area contributed by atoms with Crippen LogP contribution in [0.5, 0.6) is 0 Å². The Bertz CT molecular complexity index is 1480. The van der Waals surface area contributed by atoms with Crippen LogP contribution in [0.3, 0.4) is 0 Å². The fraction of sp³-hybridized carbons (Fsp3) is 0.407. The highest BCUT2D eigenvalue weighted by atomic mass is 32.2. The van der Waals surface area contributed by atoms with E-state index in [9.17, 15) is 32.0 Å². The average molecular weight is 591 g/mol. The van der Waals surface area contributed by atoms with Gasteiger partial charge in [0, 0.05) is 17.8 Å². The molecule has 1 saturated carbocycles. The van der Waals surface area contributed by atoms with Crippen LogP contribution in [-0.4, -0.2) is 69.3 Å². The van der Waals surface area contributed by atoms with Crippen molar-refractivity contribution in [3.63, 3.8) is 0 Å². The van der Waals surface area contributed by atoms with Crippen LogP contribution in [0.15, 0.2) is 41.3 Å². The van der Waals surface area contributed by atoms with Crippen LogP contribution in [0.1, 0.15) is 48.1 Å². The Morgan fingerprint density at radius 1 is 1.10 bits per heavy atom. The first-order valence-corrected chi connectivity index (χ1v) is 14.5. The summed E-state index contributed by atoms with van der Waals surface area (Å²) in [6, 6.07) is 6.54. The smallest absolute Gasteiger partial charge is 0.411 e. The highest BCUT2D eigenvalue weighted by Crippen LogP contribution is 2.44. The second-order valence-corrected chi connectivity index (χ2v) is 11.9. The molecule has 2 aromatic rings. The molecule has 1 aliphatic heterocycles. The van der Waals surface area contributed by atoms with Gasteiger partial charge in [-0.3, -0.25) is 19.7 Å². The number of halogens is 1. The molecule has 12 nitrogen and oxygen atoms in total. The van der Waals surface area contributed by atoms with Crippen molar-refractivity contribution in [1.29, 1.82) is 0 Å². The zero-order valence-corrected chi connectivity index (χ0v) is 23.3. The number of amides is 3. The standard InChI is InChI=1S/C27H31FN4O8S/c1-3-40-26(35)18-10-11-32(23(33)14-30-21-12-15(25(29)34)4-8-20(21)28)24(18)19-13-16(31-27(36)39-2)5-9-22(19)41(37,38)17-6-7-17/h4-5,8-9,12-13,17-18,24,30H,3,6-7,10-11,14H2,1-2H3,(H2,29,34)(H,31,36)/t18-,24+/m0/s1. The lowest BCUT2D eigenvalue weighted by Gasteiger charge is -2.30. The number of nitrogens with two attached hydrogens (primary N) is 1. The number of ether oxygens (including phenoxy) is 2. The summed E-state index contributed by atoms with van der Waals surface area (Å²) >= 11 is 0. The Kier molecular flexibility index (Phi) is 8.80. The quantitative estimate of drug-likeness (QED) is 0.351. The molecular weight excluding hydrogens is 559 g/mol. The minimum Gasteiger partial charge on any atom is -0.466 e. The van der Waals surface area contributed by atoms with Crippen LogP contribution >= 0.6 is 0 Å². The number of anilines is 2. The van der Waals surface area contributed by atoms with Gasteiger partial charge in [0.25, 0.3) is 0 Å². The summed E-state index contributed by atoms with van der Waals surface area (Å²) in [6.07, 6.45) is 0.356. The van der Waals surface area contributed by atoms with E-state index in [1.807, 2.05) is 0 Å². The summed E-state index contributed by atoms with van der Waals surface area (Å²) in [5.41, 5.74) is 5.53. The first kappa shape index (κ1) is 29.8.